The Kier molecular flexibility index (Phi) is 3.30. The second-order valence-corrected chi connectivity index (χ2v) is 4.51. The van der Waals surface area contributed by atoms with E-state index >= 15 is 0 Å². The second kappa shape index (κ2) is 4.64. The largest absolute Gasteiger partial charge is 0.451 e. The van der Waals surface area contributed by atoms with Gasteiger partial charge in [-0.25, -0.2) is 9.97 Å². The van der Waals surface area contributed by atoms with E-state index in [1.54, 1.807) is 0 Å². The molecule has 2 aromatic rings. The van der Waals surface area contributed by atoms with Gasteiger partial charge in [0.2, 0.25) is 5.82 Å². The molecule has 0 unspecified atom stereocenters. The Bertz CT molecular complexity index is 619. The van der Waals surface area contributed by atoms with Crippen molar-refractivity contribution in [2.75, 3.05) is 0 Å². The van der Waals surface area contributed by atoms with E-state index in [9.17, 15) is 13.2 Å². The van der Waals surface area contributed by atoms with Gasteiger partial charge in [-0.05, 0) is 49.6 Å². The van der Waals surface area contributed by atoms with Crippen molar-refractivity contribution in [2.24, 2.45) is 0 Å². The highest BCUT2D eigenvalue weighted by atomic mass is 19.4. The quantitative estimate of drug-likeness (QED) is 0.777. The number of nitrogens with zero attached hydrogens (tertiary/aromatic N) is 2. The van der Waals surface area contributed by atoms with Crippen LogP contribution in [0.15, 0.2) is 24.4 Å². The summed E-state index contributed by atoms with van der Waals surface area (Å²) in [5.74, 6) is -1.11. The summed E-state index contributed by atoms with van der Waals surface area (Å²) in [6.45, 7) is 5.74. The highest BCUT2D eigenvalue weighted by Gasteiger charge is 2.34. The van der Waals surface area contributed by atoms with Crippen molar-refractivity contribution in [3.63, 3.8) is 0 Å². The van der Waals surface area contributed by atoms with Crippen LogP contribution in [0.5, 0.6) is 0 Å². The van der Waals surface area contributed by atoms with E-state index in [-0.39, 0.29) is 0 Å². The van der Waals surface area contributed by atoms with Crippen LogP contribution in [0, 0.1) is 20.8 Å². The number of halogens is 3. The highest BCUT2D eigenvalue weighted by molar-refractivity contribution is 5.65. The van der Waals surface area contributed by atoms with E-state index in [0.29, 0.717) is 11.3 Å². The number of hydrogen-bond donors (Lipinski definition) is 0. The monoisotopic (exact) mass is 266 g/mol. The van der Waals surface area contributed by atoms with Crippen molar-refractivity contribution in [3.05, 3.63) is 46.9 Å². The number of benzene rings is 1. The summed E-state index contributed by atoms with van der Waals surface area (Å²) in [7, 11) is 0. The first-order chi connectivity index (χ1) is 8.79. The molecular formula is C14H13F3N2. The zero-order chi connectivity index (χ0) is 14.2. The van der Waals surface area contributed by atoms with Crippen molar-refractivity contribution in [1.82, 2.24) is 9.97 Å². The molecule has 0 fully saturated rings. The molecule has 100 valence electrons. The van der Waals surface area contributed by atoms with Gasteiger partial charge in [-0.2, -0.15) is 13.2 Å². The molecule has 0 aliphatic heterocycles. The summed E-state index contributed by atoms with van der Waals surface area (Å²) in [6, 6.07) is 5.29. The Labute approximate surface area is 109 Å². The summed E-state index contributed by atoms with van der Waals surface area (Å²) < 4.78 is 37.8. The predicted octanol–water partition coefficient (Wildman–Crippen LogP) is 4.09. The van der Waals surface area contributed by atoms with Crippen LogP contribution in [-0.2, 0) is 6.18 Å². The standard InChI is InChI=1S/C14H13F3N2/c1-8-6-10(3)11(7-9(8)2)12-4-5-18-13(19-12)14(15,16)17/h4-7H,1-3H3. The highest BCUT2D eigenvalue weighted by Crippen LogP contribution is 2.29. The van der Waals surface area contributed by atoms with E-state index < -0.39 is 12.0 Å². The Morgan fingerprint density at radius 2 is 1.58 bits per heavy atom. The number of alkyl halides is 3. The molecule has 0 N–H and O–H groups in total. The number of hydrogen-bond acceptors (Lipinski definition) is 2. The van der Waals surface area contributed by atoms with Crippen LogP contribution < -0.4 is 0 Å². The van der Waals surface area contributed by atoms with E-state index in [0.717, 1.165) is 22.9 Å². The van der Waals surface area contributed by atoms with Crippen LogP contribution >= 0.6 is 0 Å². The molecule has 0 radical (unpaired) electrons. The average molecular weight is 266 g/mol. The summed E-state index contributed by atoms with van der Waals surface area (Å²) in [5, 5.41) is 0. The number of aryl methyl sites for hydroxylation is 3. The third-order valence-corrected chi connectivity index (χ3v) is 3.03. The first-order valence-corrected chi connectivity index (χ1v) is 5.77. The molecule has 0 atom stereocenters. The van der Waals surface area contributed by atoms with Crippen molar-refractivity contribution in [1.29, 1.82) is 0 Å². The molecule has 0 amide bonds. The van der Waals surface area contributed by atoms with Crippen LogP contribution in [0.25, 0.3) is 11.3 Å². The van der Waals surface area contributed by atoms with Crippen molar-refractivity contribution >= 4 is 0 Å². The molecule has 1 heterocycles. The van der Waals surface area contributed by atoms with E-state index in [1.807, 2.05) is 32.9 Å². The Morgan fingerprint density at radius 3 is 2.21 bits per heavy atom. The van der Waals surface area contributed by atoms with Gasteiger partial charge in [0.1, 0.15) is 0 Å². The first-order valence-electron chi connectivity index (χ1n) is 5.77. The molecule has 2 rings (SSSR count). The number of rotatable bonds is 1. The minimum Gasteiger partial charge on any atom is -0.233 e. The van der Waals surface area contributed by atoms with Gasteiger partial charge in [-0.3, -0.25) is 0 Å². The molecule has 1 aromatic carbocycles. The molecular weight excluding hydrogens is 253 g/mol. The molecule has 0 aliphatic rings. The summed E-state index contributed by atoms with van der Waals surface area (Å²) in [6.07, 6.45) is -3.39. The van der Waals surface area contributed by atoms with Crippen LogP contribution in [0.1, 0.15) is 22.5 Å². The maximum absolute atomic E-state index is 12.6. The van der Waals surface area contributed by atoms with Gasteiger partial charge in [0, 0.05) is 11.8 Å². The van der Waals surface area contributed by atoms with Crippen LogP contribution in [0.4, 0.5) is 13.2 Å². The van der Waals surface area contributed by atoms with Crippen LogP contribution in [0.3, 0.4) is 0 Å². The molecule has 5 heteroatoms. The third kappa shape index (κ3) is 2.75. The molecule has 2 nitrogen and oxygen atoms in total. The second-order valence-electron chi connectivity index (χ2n) is 4.51. The molecule has 0 aliphatic carbocycles. The van der Waals surface area contributed by atoms with E-state index in [1.165, 1.54) is 6.07 Å². The van der Waals surface area contributed by atoms with Gasteiger partial charge in [0.05, 0.1) is 5.69 Å². The fourth-order valence-electron chi connectivity index (χ4n) is 1.88. The Balaban J connectivity index is 2.57. The minimum atomic E-state index is -4.52. The van der Waals surface area contributed by atoms with Crippen molar-refractivity contribution < 1.29 is 13.2 Å². The van der Waals surface area contributed by atoms with Crippen LogP contribution in [-0.4, -0.2) is 9.97 Å². The lowest BCUT2D eigenvalue weighted by atomic mass is 9.99. The maximum Gasteiger partial charge on any atom is 0.451 e. The Morgan fingerprint density at radius 1 is 0.947 bits per heavy atom. The first kappa shape index (κ1) is 13.5. The topological polar surface area (TPSA) is 25.8 Å². The van der Waals surface area contributed by atoms with Crippen molar-refractivity contribution in [3.8, 4) is 11.3 Å². The third-order valence-electron chi connectivity index (χ3n) is 3.03. The lowest BCUT2D eigenvalue weighted by Crippen LogP contribution is -2.11. The van der Waals surface area contributed by atoms with Gasteiger partial charge >= 0.3 is 6.18 Å². The maximum atomic E-state index is 12.6. The molecule has 0 saturated heterocycles. The number of aromatic nitrogens is 2. The van der Waals surface area contributed by atoms with Crippen LogP contribution in [0.2, 0.25) is 0 Å². The fourth-order valence-corrected chi connectivity index (χ4v) is 1.88. The van der Waals surface area contributed by atoms with Gasteiger partial charge in [0.25, 0.3) is 0 Å². The molecule has 0 saturated carbocycles. The molecule has 19 heavy (non-hydrogen) atoms. The zero-order valence-corrected chi connectivity index (χ0v) is 10.8. The fraction of sp³-hybridized carbons (Fsp3) is 0.286. The van der Waals surface area contributed by atoms with Gasteiger partial charge in [-0.1, -0.05) is 6.07 Å². The van der Waals surface area contributed by atoms with Gasteiger partial charge in [-0.15, -0.1) is 0 Å². The lowest BCUT2D eigenvalue weighted by Gasteiger charge is -2.11. The van der Waals surface area contributed by atoms with Crippen molar-refractivity contribution in [2.45, 2.75) is 26.9 Å². The smallest absolute Gasteiger partial charge is 0.233 e. The minimum absolute atomic E-state index is 0.294. The molecule has 1 aromatic heterocycles. The average Bonchev–Trinajstić information content (AvgIpc) is 2.33. The van der Waals surface area contributed by atoms with Gasteiger partial charge < -0.3 is 0 Å². The predicted molar refractivity (Wildman–Crippen MR) is 66.7 cm³/mol. The van der Waals surface area contributed by atoms with Gasteiger partial charge in [0.15, 0.2) is 0 Å². The summed E-state index contributed by atoms with van der Waals surface area (Å²) in [5.41, 5.74) is 4.02. The SMILES string of the molecule is Cc1cc(C)c(-c2ccnc(C(F)(F)F)n2)cc1C. The zero-order valence-electron chi connectivity index (χ0n) is 10.8. The molecule has 0 spiro atoms. The Hall–Kier alpha value is -1.91. The molecule has 0 bridgehead atoms. The summed E-state index contributed by atoms with van der Waals surface area (Å²) >= 11 is 0. The van der Waals surface area contributed by atoms with E-state index in [2.05, 4.69) is 9.97 Å². The lowest BCUT2D eigenvalue weighted by molar-refractivity contribution is -0.144. The summed E-state index contributed by atoms with van der Waals surface area (Å²) in [4.78, 5) is 6.88. The normalized spacial score (nSPS) is 11.7. The van der Waals surface area contributed by atoms with E-state index in [4.69, 9.17) is 0 Å².